The molecule has 2 heterocycles. The summed E-state index contributed by atoms with van der Waals surface area (Å²) in [7, 11) is 0. The first-order valence-corrected chi connectivity index (χ1v) is 7.09. The number of thiophene rings is 1. The molecule has 96 valence electrons. The molecule has 0 saturated heterocycles. The quantitative estimate of drug-likeness (QED) is 0.774. The van der Waals surface area contributed by atoms with Gasteiger partial charge in [-0.3, -0.25) is 4.79 Å². The number of rotatable bonds is 2. The topological polar surface area (TPSA) is 45.8 Å². The highest BCUT2D eigenvalue weighted by Crippen LogP contribution is 2.24. The summed E-state index contributed by atoms with van der Waals surface area (Å²) in [6.07, 6.45) is 0.931. The lowest BCUT2D eigenvalue weighted by Crippen LogP contribution is -2.07. The fourth-order valence-electron chi connectivity index (χ4n) is 2.00. The molecule has 0 spiro atoms. The van der Waals surface area contributed by atoms with Crippen LogP contribution in [-0.4, -0.2) is 9.97 Å². The summed E-state index contributed by atoms with van der Waals surface area (Å²) in [6.45, 7) is 4.12. The molecule has 1 aromatic carbocycles. The average molecular weight is 270 g/mol. The van der Waals surface area contributed by atoms with E-state index in [1.165, 1.54) is 10.4 Å². The smallest absolute Gasteiger partial charge is 0.259 e. The summed E-state index contributed by atoms with van der Waals surface area (Å²) < 4.78 is 0. The Balaban J connectivity index is 2.20. The Bertz CT molecular complexity index is 784. The summed E-state index contributed by atoms with van der Waals surface area (Å²) in [5, 5.41) is 0.692. The summed E-state index contributed by atoms with van der Waals surface area (Å²) >= 11 is 1.59. The van der Waals surface area contributed by atoms with Gasteiger partial charge in [-0.15, -0.1) is 11.3 Å². The number of hydrogen-bond donors (Lipinski definition) is 1. The molecule has 3 aromatic rings. The number of fused-ring (bicyclic) bond motifs is 1. The number of benzene rings is 1. The van der Waals surface area contributed by atoms with Gasteiger partial charge < -0.3 is 4.98 Å². The van der Waals surface area contributed by atoms with Crippen molar-refractivity contribution in [1.82, 2.24) is 9.97 Å². The van der Waals surface area contributed by atoms with Crippen LogP contribution in [0.1, 0.15) is 17.4 Å². The summed E-state index contributed by atoms with van der Waals surface area (Å²) in [6, 6.07) is 9.93. The monoisotopic (exact) mass is 270 g/mol. The van der Waals surface area contributed by atoms with Crippen LogP contribution < -0.4 is 5.56 Å². The van der Waals surface area contributed by atoms with Gasteiger partial charge in [-0.25, -0.2) is 4.98 Å². The molecule has 1 N–H and O–H groups in total. The lowest BCUT2D eigenvalue weighted by atomic mass is 10.1. The number of aromatic amines is 1. The normalized spacial score (nSPS) is 11.1. The van der Waals surface area contributed by atoms with E-state index in [1.807, 2.05) is 37.3 Å². The first-order valence-electron chi connectivity index (χ1n) is 6.27. The third kappa shape index (κ3) is 2.19. The van der Waals surface area contributed by atoms with Gasteiger partial charge >= 0.3 is 0 Å². The molecule has 0 atom stereocenters. The third-order valence-corrected chi connectivity index (χ3v) is 4.30. The molecule has 0 bridgehead atoms. The Labute approximate surface area is 115 Å². The molecule has 0 fully saturated rings. The number of H-pyrrole nitrogens is 1. The van der Waals surface area contributed by atoms with Crippen molar-refractivity contribution in [2.45, 2.75) is 20.3 Å². The Hall–Kier alpha value is -1.94. The van der Waals surface area contributed by atoms with Gasteiger partial charge in [0.05, 0.1) is 5.39 Å². The molecule has 0 aliphatic carbocycles. The van der Waals surface area contributed by atoms with Crippen LogP contribution in [0.4, 0.5) is 0 Å². The second-order valence-electron chi connectivity index (χ2n) is 4.57. The van der Waals surface area contributed by atoms with Gasteiger partial charge in [0.15, 0.2) is 0 Å². The van der Waals surface area contributed by atoms with Crippen LogP contribution in [0.25, 0.3) is 21.6 Å². The lowest BCUT2D eigenvalue weighted by Gasteiger charge is -2.01. The minimum Gasteiger partial charge on any atom is -0.306 e. The maximum Gasteiger partial charge on any atom is 0.259 e. The van der Waals surface area contributed by atoms with Crippen molar-refractivity contribution in [2.24, 2.45) is 0 Å². The van der Waals surface area contributed by atoms with Crippen LogP contribution in [-0.2, 0) is 6.42 Å². The number of nitrogens with zero attached hydrogens (tertiary/aromatic N) is 1. The third-order valence-electron chi connectivity index (χ3n) is 3.13. The van der Waals surface area contributed by atoms with E-state index in [2.05, 4.69) is 16.9 Å². The highest BCUT2D eigenvalue weighted by atomic mass is 32.1. The molecule has 0 aliphatic rings. The standard InChI is InChI=1S/C15H14N2OS/c1-3-11-8-12-14(18)16-13(17-15(12)19-11)10-6-4-9(2)5-7-10/h4-8H,3H2,1-2H3,(H,16,17,18). The van der Waals surface area contributed by atoms with E-state index in [0.717, 1.165) is 16.8 Å². The van der Waals surface area contributed by atoms with Crippen molar-refractivity contribution in [3.63, 3.8) is 0 Å². The Morgan fingerprint density at radius 2 is 2.00 bits per heavy atom. The molecule has 3 rings (SSSR count). The first kappa shape index (κ1) is 12.1. The Kier molecular flexibility index (Phi) is 2.95. The lowest BCUT2D eigenvalue weighted by molar-refractivity contribution is 1.18. The van der Waals surface area contributed by atoms with Crippen molar-refractivity contribution < 1.29 is 0 Å². The van der Waals surface area contributed by atoms with E-state index in [-0.39, 0.29) is 5.56 Å². The van der Waals surface area contributed by atoms with Crippen LogP contribution in [0.5, 0.6) is 0 Å². The van der Waals surface area contributed by atoms with Crippen molar-refractivity contribution in [2.75, 3.05) is 0 Å². The van der Waals surface area contributed by atoms with Crippen LogP contribution >= 0.6 is 11.3 Å². The van der Waals surface area contributed by atoms with Crippen LogP contribution in [0, 0.1) is 6.92 Å². The second-order valence-corrected chi connectivity index (χ2v) is 5.68. The number of aryl methyl sites for hydroxylation is 2. The summed E-state index contributed by atoms with van der Waals surface area (Å²) in [5.41, 5.74) is 2.07. The fourth-order valence-corrected chi connectivity index (χ4v) is 2.97. The van der Waals surface area contributed by atoms with E-state index in [0.29, 0.717) is 11.2 Å². The summed E-state index contributed by atoms with van der Waals surface area (Å²) in [5.74, 6) is 0.641. The highest BCUT2D eigenvalue weighted by Gasteiger charge is 2.09. The zero-order chi connectivity index (χ0) is 13.4. The minimum absolute atomic E-state index is 0.0588. The number of aromatic nitrogens is 2. The molecule has 0 saturated carbocycles. The largest absolute Gasteiger partial charge is 0.306 e. The van der Waals surface area contributed by atoms with Gasteiger partial charge in [-0.2, -0.15) is 0 Å². The fraction of sp³-hybridized carbons (Fsp3) is 0.200. The van der Waals surface area contributed by atoms with Crippen molar-refractivity contribution in [3.05, 3.63) is 51.1 Å². The zero-order valence-corrected chi connectivity index (χ0v) is 11.7. The predicted molar refractivity (Wildman–Crippen MR) is 79.8 cm³/mol. The second kappa shape index (κ2) is 4.63. The number of hydrogen-bond acceptors (Lipinski definition) is 3. The van der Waals surface area contributed by atoms with E-state index in [4.69, 9.17) is 0 Å². The maximum atomic E-state index is 12.1. The zero-order valence-electron chi connectivity index (χ0n) is 10.9. The average Bonchev–Trinajstić information content (AvgIpc) is 2.83. The number of nitrogens with one attached hydrogen (secondary N) is 1. The first-order chi connectivity index (χ1) is 9.17. The van der Waals surface area contributed by atoms with Gasteiger partial charge in [0.1, 0.15) is 10.7 Å². The molecule has 0 radical (unpaired) electrons. The van der Waals surface area contributed by atoms with Gasteiger partial charge in [0, 0.05) is 10.4 Å². The van der Waals surface area contributed by atoms with Crippen molar-refractivity contribution in [3.8, 4) is 11.4 Å². The van der Waals surface area contributed by atoms with E-state index >= 15 is 0 Å². The van der Waals surface area contributed by atoms with E-state index in [9.17, 15) is 4.79 Å². The van der Waals surface area contributed by atoms with Gasteiger partial charge in [-0.05, 0) is 19.4 Å². The van der Waals surface area contributed by atoms with Crippen molar-refractivity contribution >= 4 is 21.6 Å². The minimum atomic E-state index is -0.0588. The Morgan fingerprint density at radius 3 is 2.68 bits per heavy atom. The predicted octanol–water partition coefficient (Wildman–Crippen LogP) is 3.52. The molecule has 4 heteroatoms. The highest BCUT2D eigenvalue weighted by molar-refractivity contribution is 7.18. The maximum absolute atomic E-state index is 12.1. The Morgan fingerprint density at radius 1 is 1.26 bits per heavy atom. The molecule has 0 amide bonds. The van der Waals surface area contributed by atoms with Gasteiger partial charge in [-0.1, -0.05) is 36.8 Å². The van der Waals surface area contributed by atoms with Crippen LogP contribution in [0.15, 0.2) is 35.1 Å². The molecular formula is C15H14N2OS. The molecular weight excluding hydrogens is 256 g/mol. The molecule has 0 aliphatic heterocycles. The van der Waals surface area contributed by atoms with Crippen molar-refractivity contribution in [1.29, 1.82) is 0 Å². The van der Waals surface area contributed by atoms with Gasteiger partial charge in [0.2, 0.25) is 0 Å². The molecule has 19 heavy (non-hydrogen) atoms. The van der Waals surface area contributed by atoms with Crippen LogP contribution in [0.2, 0.25) is 0 Å². The molecule has 2 aromatic heterocycles. The van der Waals surface area contributed by atoms with E-state index in [1.54, 1.807) is 11.3 Å². The van der Waals surface area contributed by atoms with Gasteiger partial charge in [0.25, 0.3) is 5.56 Å². The molecule has 3 nitrogen and oxygen atoms in total. The van der Waals surface area contributed by atoms with Crippen LogP contribution in [0.3, 0.4) is 0 Å². The molecule has 0 unspecified atom stereocenters. The summed E-state index contributed by atoms with van der Waals surface area (Å²) in [4.78, 5) is 21.5. The SMILES string of the molecule is CCc1cc2c(=O)[nH]c(-c3ccc(C)cc3)nc2s1. The van der Waals surface area contributed by atoms with E-state index < -0.39 is 0 Å².